The lowest BCUT2D eigenvalue weighted by Crippen LogP contribution is -2.29. The molecule has 0 aliphatic heterocycles. The molecule has 0 radical (unpaired) electrons. The predicted octanol–water partition coefficient (Wildman–Crippen LogP) is 2.85. The molecule has 0 saturated heterocycles. The molecule has 3 nitrogen and oxygen atoms in total. The molecule has 1 aliphatic carbocycles. The van der Waals surface area contributed by atoms with Crippen LogP contribution in [0.1, 0.15) is 30.9 Å². The fourth-order valence-corrected chi connectivity index (χ4v) is 2.63. The zero-order valence-electron chi connectivity index (χ0n) is 10.8. The highest BCUT2D eigenvalue weighted by atomic mass is 79.9. The second-order valence-electron chi connectivity index (χ2n) is 4.86. The van der Waals surface area contributed by atoms with E-state index >= 15 is 0 Å². The lowest BCUT2D eigenvalue weighted by Gasteiger charge is -2.19. The molecule has 100 valence electrons. The summed E-state index contributed by atoms with van der Waals surface area (Å²) in [6.07, 6.45) is 4.06. The fraction of sp³-hybridized carbons (Fsp3) is 0.571. The van der Waals surface area contributed by atoms with Crippen LogP contribution in [0, 0.1) is 5.92 Å². The highest BCUT2D eigenvalue weighted by Crippen LogP contribution is 2.32. The Morgan fingerprint density at radius 3 is 2.89 bits per heavy atom. The van der Waals surface area contributed by atoms with E-state index in [0.717, 1.165) is 22.7 Å². The largest absolute Gasteiger partial charge is 0.497 e. The Balaban J connectivity index is 1.99. The third kappa shape index (κ3) is 3.70. The maximum absolute atomic E-state index is 5.87. The van der Waals surface area contributed by atoms with E-state index in [-0.39, 0.29) is 6.04 Å². The van der Waals surface area contributed by atoms with Gasteiger partial charge in [0.15, 0.2) is 0 Å². The summed E-state index contributed by atoms with van der Waals surface area (Å²) in [5.41, 5.74) is 7.05. The Bertz CT molecular complexity index is 393. The molecule has 1 aromatic rings. The van der Waals surface area contributed by atoms with Gasteiger partial charge in [-0.15, -0.1) is 0 Å². The summed E-state index contributed by atoms with van der Waals surface area (Å²) in [5.74, 6) is 1.82. The van der Waals surface area contributed by atoms with Crippen molar-refractivity contribution >= 4 is 15.9 Å². The first-order chi connectivity index (χ1) is 8.74. The molecule has 0 bridgehead atoms. The smallest absolute Gasteiger partial charge is 0.119 e. The van der Waals surface area contributed by atoms with Crippen molar-refractivity contribution in [2.24, 2.45) is 11.7 Å². The molecule has 0 amide bonds. The quantitative estimate of drug-likeness (QED) is 0.814. The van der Waals surface area contributed by atoms with Crippen LogP contribution in [0.4, 0.5) is 0 Å². The second-order valence-corrected chi connectivity index (χ2v) is 5.72. The summed E-state index contributed by atoms with van der Waals surface area (Å²) in [6.45, 7) is 1.63. The number of benzene rings is 1. The first-order valence-electron chi connectivity index (χ1n) is 6.51. The number of hydrogen-bond acceptors (Lipinski definition) is 3. The third-order valence-electron chi connectivity index (χ3n) is 3.45. The molecule has 0 spiro atoms. The van der Waals surface area contributed by atoms with Crippen molar-refractivity contribution in [3.05, 3.63) is 28.2 Å². The average molecular weight is 313 g/mol. The zero-order valence-corrected chi connectivity index (χ0v) is 12.4. The van der Waals surface area contributed by atoms with Crippen molar-refractivity contribution in [3.8, 4) is 5.75 Å². The maximum atomic E-state index is 5.87. The van der Waals surface area contributed by atoms with Gasteiger partial charge < -0.3 is 15.8 Å². The van der Waals surface area contributed by atoms with Crippen molar-refractivity contribution in [3.63, 3.8) is 0 Å². The van der Waals surface area contributed by atoms with Gasteiger partial charge in [-0.05, 0) is 42.6 Å². The van der Waals surface area contributed by atoms with Gasteiger partial charge in [-0.3, -0.25) is 0 Å². The van der Waals surface area contributed by atoms with Crippen LogP contribution in [0.2, 0.25) is 0 Å². The number of nitrogens with one attached hydrogen (secondary N) is 1. The number of hydrogen-bond donors (Lipinski definition) is 2. The van der Waals surface area contributed by atoms with Gasteiger partial charge in [-0.1, -0.05) is 28.8 Å². The van der Waals surface area contributed by atoms with E-state index in [1.54, 1.807) is 7.11 Å². The lowest BCUT2D eigenvalue weighted by molar-refractivity contribution is 0.412. The minimum atomic E-state index is 0.188. The van der Waals surface area contributed by atoms with Gasteiger partial charge in [-0.2, -0.15) is 0 Å². The van der Waals surface area contributed by atoms with E-state index in [1.807, 2.05) is 18.2 Å². The molecule has 1 unspecified atom stereocenters. The molecule has 1 aliphatic rings. The molecule has 1 fully saturated rings. The van der Waals surface area contributed by atoms with Crippen molar-refractivity contribution in [1.82, 2.24) is 5.32 Å². The van der Waals surface area contributed by atoms with Crippen LogP contribution in [0.15, 0.2) is 22.7 Å². The molecule has 0 aromatic heterocycles. The van der Waals surface area contributed by atoms with Gasteiger partial charge in [0.2, 0.25) is 0 Å². The predicted molar refractivity (Wildman–Crippen MR) is 77.8 cm³/mol. The standard InChI is InChI=1S/C14H21BrN2O/c1-18-11-4-5-13(15)12(8-11)14(9-16)17-7-6-10-2-3-10/h4-5,8,10,14,17H,2-3,6-7,9,16H2,1H3. The highest BCUT2D eigenvalue weighted by molar-refractivity contribution is 9.10. The van der Waals surface area contributed by atoms with Crippen LogP contribution in [-0.4, -0.2) is 20.2 Å². The van der Waals surface area contributed by atoms with Gasteiger partial charge in [0.25, 0.3) is 0 Å². The monoisotopic (exact) mass is 312 g/mol. The van der Waals surface area contributed by atoms with Crippen molar-refractivity contribution in [2.45, 2.75) is 25.3 Å². The van der Waals surface area contributed by atoms with Crippen LogP contribution >= 0.6 is 15.9 Å². The van der Waals surface area contributed by atoms with Crippen molar-refractivity contribution in [1.29, 1.82) is 0 Å². The van der Waals surface area contributed by atoms with E-state index in [4.69, 9.17) is 10.5 Å². The molecule has 3 N–H and O–H groups in total. The van der Waals surface area contributed by atoms with E-state index in [9.17, 15) is 0 Å². The summed E-state index contributed by atoms with van der Waals surface area (Å²) >= 11 is 3.58. The normalized spacial score (nSPS) is 16.6. The molecule has 1 saturated carbocycles. The molecular weight excluding hydrogens is 292 g/mol. The first kappa shape index (κ1) is 13.8. The topological polar surface area (TPSA) is 47.3 Å². The van der Waals surface area contributed by atoms with Crippen LogP contribution in [-0.2, 0) is 0 Å². The fourth-order valence-electron chi connectivity index (χ4n) is 2.10. The van der Waals surface area contributed by atoms with E-state index in [0.29, 0.717) is 6.54 Å². The molecular formula is C14H21BrN2O. The molecule has 1 aromatic carbocycles. The first-order valence-corrected chi connectivity index (χ1v) is 7.30. The van der Waals surface area contributed by atoms with Gasteiger partial charge in [-0.25, -0.2) is 0 Å². The molecule has 2 rings (SSSR count). The molecule has 4 heteroatoms. The summed E-state index contributed by atoms with van der Waals surface area (Å²) in [4.78, 5) is 0. The second kappa shape index (κ2) is 6.55. The SMILES string of the molecule is COc1ccc(Br)c(C(CN)NCCC2CC2)c1. The third-order valence-corrected chi connectivity index (χ3v) is 4.18. The van der Waals surface area contributed by atoms with Gasteiger partial charge in [0, 0.05) is 17.1 Å². The lowest BCUT2D eigenvalue weighted by atomic mass is 10.1. The minimum Gasteiger partial charge on any atom is -0.497 e. The Morgan fingerprint density at radius 2 is 2.28 bits per heavy atom. The molecule has 18 heavy (non-hydrogen) atoms. The summed E-state index contributed by atoms with van der Waals surface area (Å²) < 4.78 is 6.35. The summed E-state index contributed by atoms with van der Waals surface area (Å²) in [5, 5.41) is 3.54. The number of methoxy groups -OCH3 is 1. The van der Waals surface area contributed by atoms with E-state index in [1.165, 1.54) is 24.8 Å². The van der Waals surface area contributed by atoms with Crippen molar-refractivity contribution < 1.29 is 4.74 Å². The van der Waals surface area contributed by atoms with Gasteiger partial charge in [0.1, 0.15) is 5.75 Å². The van der Waals surface area contributed by atoms with E-state index in [2.05, 4.69) is 21.2 Å². The summed E-state index contributed by atoms with van der Waals surface area (Å²) in [7, 11) is 1.69. The van der Waals surface area contributed by atoms with Gasteiger partial charge >= 0.3 is 0 Å². The number of halogens is 1. The zero-order chi connectivity index (χ0) is 13.0. The Hall–Kier alpha value is -0.580. The average Bonchev–Trinajstić information content (AvgIpc) is 3.20. The number of ether oxygens (including phenoxy) is 1. The summed E-state index contributed by atoms with van der Waals surface area (Å²) in [6, 6.07) is 6.20. The minimum absolute atomic E-state index is 0.188. The highest BCUT2D eigenvalue weighted by Gasteiger charge is 2.21. The Kier molecular flexibility index (Phi) is 5.03. The Morgan fingerprint density at radius 1 is 1.50 bits per heavy atom. The van der Waals surface area contributed by atoms with Crippen LogP contribution in [0.3, 0.4) is 0 Å². The molecule has 1 atom stereocenters. The maximum Gasteiger partial charge on any atom is 0.119 e. The van der Waals surface area contributed by atoms with Gasteiger partial charge in [0.05, 0.1) is 7.11 Å². The Labute approximate surface area is 117 Å². The number of rotatable bonds is 7. The molecule has 0 heterocycles. The van der Waals surface area contributed by atoms with Crippen LogP contribution < -0.4 is 15.8 Å². The van der Waals surface area contributed by atoms with Crippen molar-refractivity contribution in [2.75, 3.05) is 20.2 Å². The van der Waals surface area contributed by atoms with Crippen LogP contribution in [0.5, 0.6) is 5.75 Å². The van der Waals surface area contributed by atoms with E-state index < -0.39 is 0 Å². The van der Waals surface area contributed by atoms with Crippen LogP contribution in [0.25, 0.3) is 0 Å². The number of nitrogens with two attached hydrogens (primary N) is 1.